The maximum Gasteiger partial charge on any atom is 0.322 e. The van der Waals surface area contributed by atoms with Crippen LogP contribution in [0.25, 0.3) is 0 Å². The molecule has 0 saturated heterocycles. The summed E-state index contributed by atoms with van der Waals surface area (Å²) in [6, 6.07) is 5.50. The highest BCUT2D eigenvalue weighted by Crippen LogP contribution is 2.37. The molecule has 2 N–H and O–H groups in total. The summed E-state index contributed by atoms with van der Waals surface area (Å²) in [5, 5.41) is 9.89. The van der Waals surface area contributed by atoms with Crippen LogP contribution in [-0.4, -0.2) is 28.5 Å². The average Bonchev–Trinajstić information content (AvgIpc) is 3.05. The van der Waals surface area contributed by atoms with E-state index < -0.39 is 11.9 Å². The molecule has 1 unspecified atom stereocenters. The Bertz CT molecular complexity index is 983. The number of rotatable bonds is 5. The number of aromatic nitrogens is 1. The lowest BCUT2D eigenvalue weighted by Gasteiger charge is -2.35. The second-order valence-electron chi connectivity index (χ2n) is 6.20. The Morgan fingerprint density at radius 2 is 2.18 bits per heavy atom. The molecule has 0 bridgehead atoms. The van der Waals surface area contributed by atoms with Crippen LogP contribution in [0, 0.1) is 6.92 Å². The predicted molar refractivity (Wildman–Crippen MR) is 107 cm³/mol. The van der Waals surface area contributed by atoms with Crippen molar-refractivity contribution in [3.8, 4) is 0 Å². The van der Waals surface area contributed by atoms with Gasteiger partial charge in [-0.1, -0.05) is 46.6 Å². The number of hydrogen-bond acceptors (Lipinski definition) is 4. The van der Waals surface area contributed by atoms with E-state index in [1.165, 1.54) is 4.90 Å². The minimum absolute atomic E-state index is 0.244. The molecule has 3 amide bonds. The normalized spacial score (nSPS) is 16.8. The average molecular weight is 421 g/mol. The summed E-state index contributed by atoms with van der Waals surface area (Å²) >= 11 is 12.5. The van der Waals surface area contributed by atoms with Gasteiger partial charge in [-0.05, 0) is 25.5 Å². The van der Waals surface area contributed by atoms with Crippen LogP contribution in [0.2, 0.25) is 10.0 Å². The van der Waals surface area contributed by atoms with E-state index >= 15 is 0 Å². The summed E-state index contributed by atoms with van der Waals surface area (Å²) in [5.74, 6) is 0.382. The van der Waals surface area contributed by atoms with E-state index in [0.717, 1.165) is 0 Å². The van der Waals surface area contributed by atoms with Crippen LogP contribution in [-0.2, 0) is 4.79 Å². The quantitative estimate of drug-likeness (QED) is 0.699. The van der Waals surface area contributed by atoms with Gasteiger partial charge in [0.05, 0.1) is 21.7 Å². The Hall–Kier alpha value is -2.77. The lowest BCUT2D eigenvalue weighted by molar-refractivity contribution is -0.113. The standard InChI is InChI=1S/C19H18Cl2N4O3/c1-4-8-25-11(3)15(18(26)22-14-9-10(2)28-24-14)17(23-19(25)27)12-6-5-7-13(20)16(12)21/h4-7,9,17H,1,8H2,2-3H3,(H,23,27)(H,22,24,26). The van der Waals surface area contributed by atoms with Crippen LogP contribution in [0.5, 0.6) is 0 Å². The minimum Gasteiger partial charge on any atom is -0.360 e. The number of benzene rings is 1. The van der Waals surface area contributed by atoms with E-state index in [1.54, 1.807) is 44.2 Å². The summed E-state index contributed by atoms with van der Waals surface area (Å²) in [7, 11) is 0. The third-order valence-electron chi connectivity index (χ3n) is 4.31. The van der Waals surface area contributed by atoms with Crippen molar-refractivity contribution in [2.75, 3.05) is 11.9 Å². The van der Waals surface area contributed by atoms with Gasteiger partial charge in [-0.2, -0.15) is 0 Å². The topological polar surface area (TPSA) is 87.5 Å². The molecular weight excluding hydrogens is 403 g/mol. The van der Waals surface area contributed by atoms with Gasteiger partial charge in [0.25, 0.3) is 5.91 Å². The Morgan fingerprint density at radius 1 is 1.43 bits per heavy atom. The zero-order valence-corrected chi connectivity index (χ0v) is 16.8. The van der Waals surface area contributed by atoms with Crippen LogP contribution in [0.4, 0.5) is 10.6 Å². The van der Waals surface area contributed by atoms with Crippen molar-refractivity contribution < 1.29 is 14.1 Å². The first-order valence-electron chi connectivity index (χ1n) is 8.41. The zero-order valence-electron chi connectivity index (χ0n) is 15.3. The Balaban J connectivity index is 2.08. The Kier molecular flexibility index (Phi) is 5.76. The van der Waals surface area contributed by atoms with Crippen LogP contribution in [0.1, 0.15) is 24.3 Å². The number of nitrogens with one attached hydrogen (secondary N) is 2. The van der Waals surface area contributed by atoms with Gasteiger partial charge < -0.3 is 15.2 Å². The maximum atomic E-state index is 13.1. The molecule has 1 aromatic carbocycles. The molecule has 0 aliphatic carbocycles. The first-order chi connectivity index (χ1) is 13.3. The molecule has 0 spiro atoms. The minimum atomic E-state index is -0.784. The monoisotopic (exact) mass is 420 g/mol. The summed E-state index contributed by atoms with van der Waals surface area (Å²) in [4.78, 5) is 27.1. The molecule has 0 radical (unpaired) electrons. The number of carbonyl (C=O) groups is 2. The van der Waals surface area contributed by atoms with E-state index in [-0.39, 0.29) is 23.4 Å². The predicted octanol–water partition coefficient (Wildman–Crippen LogP) is 4.45. The summed E-state index contributed by atoms with van der Waals surface area (Å²) in [5.41, 5.74) is 1.30. The molecule has 28 heavy (non-hydrogen) atoms. The Morgan fingerprint density at radius 3 is 2.82 bits per heavy atom. The first kappa shape index (κ1) is 20.0. The van der Waals surface area contributed by atoms with Crippen molar-refractivity contribution in [1.29, 1.82) is 0 Å². The molecule has 2 aromatic rings. The third-order valence-corrected chi connectivity index (χ3v) is 5.15. The number of anilines is 1. The first-order valence-corrected chi connectivity index (χ1v) is 9.17. The molecule has 9 heteroatoms. The molecule has 7 nitrogen and oxygen atoms in total. The molecular formula is C19H18Cl2N4O3. The summed E-state index contributed by atoms with van der Waals surface area (Å²) in [6.07, 6.45) is 1.58. The number of hydrogen-bond donors (Lipinski definition) is 2. The number of aryl methyl sites for hydroxylation is 1. The van der Waals surface area contributed by atoms with Gasteiger partial charge in [0, 0.05) is 18.3 Å². The van der Waals surface area contributed by atoms with Crippen molar-refractivity contribution in [1.82, 2.24) is 15.4 Å². The van der Waals surface area contributed by atoms with Gasteiger partial charge in [-0.3, -0.25) is 9.69 Å². The van der Waals surface area contributed by atoms with Gasteiger partial charge in [0.15, 0.2) is 5.82 Å². The third kappa shape index (κ3) is 3.76. The molecule has 2 heterocycles. The fourth-order valence-corrected chi connectivity index (χ4v) is 3.43. The van der Waals surface area contributed by atoms with E-state index in [4.69, 9.17) is 27.7 Å². The van der Waals surface area contributed by atoms with Crippen molar-refractivity contribution in [3.05, 3.63) is 69.6 Å². The van der Waals surface area contributed by atoms with E-state index in [9.17, 15) is 9.59 Å². The van der Waals surface area contributed by atoms with Crippen molar-refractivity contribution >= 4 is 41.0 Å². The zero-order chi connectivity index (χ0) is 20.4. The summed E-state index contributed by atoms with van der Waals surface area (Å²) in [6.45, 7) is 7.31. The molecule has 3 rings (SSSR count). The Labute approximate surface area is 172 Å². The second-order valence-corrected chi connectivity index (χ2v) is 6.99. The number of carbonyl (C=O) groups excluding carboxylic acids is 2. The van der Waals surface area contributed by atoms with Crippen LogP contribution >= 0.6 is 23.2 Å². The molecule has 1 aromatic heterocycles. The maximum absolute atomic E-state index is 13.1. The fourth-order valence-electron chi connectivity index (χ4n) is 3.01. The lowest BCUT2D eigenvalue weighted by Crippen LogP contribution is -2.48. The number of nitrogens with zero attached hydrogens (tertiary/aromatic N) is 2. The number of halogens is 2. The van der Waals surface area contributed by atoms with E-state index in [1.807, 2.05) is 0 Å². The molecule has 1 aliphatic rings. The molecule has 1 atom stereocenters. The van der Waals surface area contributed by atoms with Crippen LogP contribution in [0.3, 0.4) is 0 Å². The van der Waals surface area contributed by atoms with Crippen molar-refractivity contribution in [2.24, 2.45) is 0 Å². The van der Waals surface area contributed by atoms with Gasteiger partial charge in [0.1, 0.15) is 5.76 Å². The highest BCUT2D eigenvalue weighted by atomic mass is 35.5. The van der Waals surface area contributed by atoms with Gasteiger partial charge in [-0.25, -0.2) is 4.79 Å². The largest absolute Gasteiger partial charge is 0.360 e. The highest BCUT2D eigenvalue weighted by Gasteiger charge is 2.36. The SMILES string of the molecule is C=CCN1C(=O)NC(c2cccc(Cl)c2Cl)C(C(=O)Nc2cc(C)on2)=C1C. The van der Waals surface area contributed by atoms with E-state index in [2.05, 4.69) is 22.4 Å². The molecule has 0 fully saturated rings. The van der Waals surface area contributed by atoms with Crippen LogP contribution < -0.4 is 10.6 Å². The van der Waals surface area contributed by atoms with Crippen molar-refractivity contribution in [3.63, 3.8) is 0 Å². The van der Waals surface area contributed by atoms with Gasteiger partial charge in [-0.15, -0.1) is 6.58 Å². The van der Waals surface area contributed by atoms with Crippen LogP contribution in [0.15, 0.2) is 52.7 Å². The van der Waals surface area contributed by atoms with E-state index in [0.29, 0.717) is 27.6 Å². The van der Waals surface area contributed by atoms with Gasteiger partial charge in [0.2, 0.25) is 0 Å². The number of allylic oxidation sites excluding steroid dienone is 1. The molecule has 146 valence electrons. The fraction of sp³-hybridized carbons (Fsp3) is 0.211. The summed E-state index contributed by atoms with van der Waals surface area (Å²) < 4.78 is 4.99. The number of amides is 3. The number of urea groups is 1. The lowest BCUT2D eigenvalue weighted by atomic mass is 9.94. The molecule has 1 aliphatic heterocycles. The smallest absolute Gasteiger partial charge is 0.322 e. The van der Waals surface area contributed by atoms with Gasteiger partial charge >= 0.3 is 6.03 Å². The molecule has 0 saturated carbocycles. The van der Waals surface area contributed by atoms with Crippen molar-refractivity contribution in [2.45, 2.75) is 19.9 Å². The highest BCUT2D eigenvalue weighted by molar-refractivity contribution is 6.42. The second kappa shape index (κ2) is 8.08.